The van der Waals surface area contributed by atoms with Gasteiger partial charge in [-0.15, -0.1) is 0 Å². The van der Waals surface area contributed by atoms with Crippen LogP contribution in [0.25, 0.3) is 0 Å². The average Bonchev–Trinajstić information content (AvgIpc) is 3.14. The molecule has 1 atom stereocenters. The molecule has 2 aromatic heterocycles. The predicted octanol–water partition coefficient (Wildman–Crippen LogP) is 3.57. The van der Waals surface area contributed by atoms with Crippen LogP contribution in [0.5, 0.6) is 0 Å². The highest BCUT2D eigenvalue weighted by Gasteiger charge is 2.38. The van der Waals surface area contributed by atoms with Crippen molar-refractivity contribution in [2.75, 3.05) is 0 Å². The normalized spacial score (nSPS) is 11.8. The van der Waals surface area contributed by atoms with E-state index in [9.17, 15) is 18.0 Å². The van der Waals surface area contributed by atoms with Gasteiger partial charge in [-0.05, 0) is 43.2 Å². The molecule has 0 aliphatic rings. The Labute approximate surface area is 170 Å². The SMILES string of the molecule is Cc1ccc(C(NC(=O)c2cc(C)[nH]n2)c2ccncc2)cc1.O=C(O)C(F)(F)F. The Morgan fingerprint density at radius 2 is 1.57 bits per heavy atom. The van der Waals surface area contributed by atoms with Gasteiger partial charge < -0.3 is 10.4 Å². The van der Waals surface area contributed by atoms with E-state index in [0.29, 0.717) is 5.69 Å². The van der Waals surface area contributed by atoms with Crippen LogP contribution in [0.3, 0.4) is 0 Å². The number of aromatic nitrogens is 3. The second-order valence-electron chi connectivity index (χ2n) is 6.34. The molecule has 0 fully saturated rings. The van der Waals surface area contributed by atoms with Crippen LogP contribution in [0.4, 0.5) is 13.2 Å². The average molecular weight is 420 g/mol. The molecule has 1 aromatic carbocycles. The first-order chi connectivity index (χ1) is 14.1. The smallest absolute Gasteiger partial charge is 0.475 e. The first-order valence-corrected chi connectivity index (χ1v) is 8.67. The zero-order chi connectivity index (χ0) is 22.3. The summed E-state index contributed by atoms with van der Waals surface area (Å²) < 4.78 is 31.7. The number of aromatic amines is 1. The summed E-state index contributed by atoms with van der Waals surface area (Å²) in [5.74, 6) is -2.97. The highest BCUT2D eigenvalue weighted by molar-refractivity contribution is 5.92. The van der Waals surface area contributed by atoms with Crippen molar-refractivity contribution in [3.05, 3.63) is 82.9 Å². The Balaban J connectivity index is 0.000000396. The second-order valence-corrected chi connectivity index (χ2v) is 6.34. The van der Waals surface area contributed by atoms with Gasteiger partial charge in [-0.1, -0.05) is 29.8 Å². The van der Waals surface area contributed by atoms with Crippen LogP contribution in [-0.4, -0.2) is 38.3 Å². The zero-order valence-electron chi connectivity index (χ0n) is 16.1. The molecule has 2 heterocycles. The maximum absolute atomic E-state index is 12.5. The third-order valence-electron chi connectivity index (χ3n) is 3.91. The van der Waals surface area contributed by atoms with E-state index in [1.807, 2.05) is 50.2 Å². The van der Waals surface area contributed by atoms with Gasteiger partial charge in [0.2, 0.25) is 0 Å². The number of rotatable bonds is 4. The number of amides is 1. The number of H-pyrrole nitrogens is 1. The third kappa shape index (κ3) is 6.43. The minimum Gasteiger partial charge on any atom is -0.475 e. The van der Waals surface area contributed by atoms with Gasteiger partial charge in [-0.2, -0.15) is 18.3 Å². The summed E-state index contributed by atoms with van der Waals surface area (Å²) in [4.78, 5) is 25.4. The highest BCUT2D eigenvalue weighted by atomic mass is 19.4. The summed E-state index contributed by atoms with van der Waals surface area (Å²) in [5, 5.41) is 17.0. The van der Waals surface area contributed by atoms with E-state index >= 15 is 0 Å². The molecule has 3 rings (SSSR count). The largest absolute Gasteiger partial charge is 0.490 e. The quantitative estimate of drug-likeness (QED) is 0.598. The monoisotopic (exact) mass is 420 g/mol. The van der Waals surface area contributed by atoms with Crippen LogP contribution < -0.4 is 5.32 Å². The minimum absolute atomic E-state index is 0.211. The lowest BCUT2D eigenvalue weighted by Gasteiger charge is -2.19. The maximum Gasteiger partial charge on any atom is 0.490 e. The summed E-state index contributed by atoms with van der Waals surface area (Å²) in [7, 11) is 0. The van der Waals surface area contributed by atoms with E-state index in [1.165, 1.54) is 5.56 Å². The molecule has 1 unspecified atom stereocenters. The second kappa shape index (κ2) is 9.68. The molecule has 3 N–H and O–H groups in total. The number of halogens is 3. The Bertz CT molecular complexity index is 987. The van der Waals surface area contributed by atoms with Gasteiger partial charge in [-0.25, -0.2) is 4.79 Å². The first kappa shape index (κ1) is 22.6. The number of pyridine rings is 1. The maximum atomic E-state index is 12.5. The number of hydrogen-bond acceptors (Lipinski definition) is 4. The summed E-state index contributed by atoms with van der Waals surface area (Å²) in [6, 6.07) is 13.4. The van der Waals surface area contributed by atoms with Gasteiger partial charge in [0.25, 0.3) is 5.91 Å². The predicted molar refractivity (Wildman–Crippen MR) is 102 cm³/mol. The molecule has 1 amide bonds. The van der Waals surface area contributed by atoms with E-state index in [4.69, 9.17) is 9.90 Å². The number of alkyl halides is 3. The topological polar surface area (TPSA) is 108 Å². The first-order valence-electron chi connectivity index (χ1n) is 8.67. The molecule has 0 saturated heterocycles. The molecule has 0 saturated carbocycles. The molecule has 0 radical (unpaired) electrons. The minimum atomic E-state index is -5.08. The molecule has 0 bridgehead atoms. The van der Waals surface area contributed by atoms with Crippen molar-refractivity contribution in [3.63, 3.8) is 0 Å². The van der Waals surface area contributed by atoms with Crippen LogP contribution in [0, 0.1) is 13.8 Å². The fraction of sp³-hybridized carbons (Fsp3) is 0.200. The molecule has 3 aromatic rings. The zero-order valence-corrected chi connectivity index (χ0v) is 16.1. The van der Waals surface area contributed by atoms with Crippen molar-refractivity contribution in [1.82, 2.24) is 20.5 Å². The van der Waals surface area contributed by atoms with Crippen molar-refractivity contribution in [1.29, 1.82) is 0 Å². The molecule has 10 heteroatoms. The number of carboxylic acids is 1. The molecule has 7 nitrogen and oxygen atoms in total. The fourth-order valence-corrected chi connectivity index (χ4v) is 2.41. The number of carbonyl (C=O) groups is 2. The summed E-state index contributed by atoms with van der Waals surface area (Å²) >= 11 is 0. The molecule has 30 heavy (non-hydrogen) atoms. The number of benzene rings is 1. The van der Waals surface area contributed by atoms with Crippen LogP contribution >= 0.6 is 0 Å². The summed E-state index contributed by atoms with van der Waals surface area (Å²) in [6.07, 6.45) is -1.64. The lowest BCUT2D eigenvalue weighted by atomic mass is 9.98. The van der Waals surface area contributed by atoms with Crippen LogP contribution in [0.2, 0.25) is 0 Å². The molecule has 158 valence electrons. The lowest BCUT2D eigenvalue weighted by molar-refractivity contribution is -0.192. The summed E-state index contributed by atoms with van der Waals surface area (Å²) in [5.41, 5.74) is 4.41. The van der Waals surface area contributed by atoms with Crippen molar-refractivity contribution < 1.29 is 27.9 Å². The number of carboxylic acid groups (broad SMARTS) is 1. The van der Waals surface area contributed by atoms with Gasteiger partial charge in [0.1, 0.15) is 5.69 Å². The fourth-order valence-electron chi connectivity index (χ4n) is 2.41. The molecule has 0 aliphatic heterocycles. The van der Waals surface area contributed by atoms with E-state index in [2.05, 4.69) is 20.5 Å². The van der Waals surface area contributed by atoms with E-state index < -0.39 is 12.1 Å². The molecular formula is C20H19F3N4O3. The van der Waals surface area contributed by atoms with Gasteiger partial charge in [0.05, 0.1) is 6.04 Å². The van der Waals surface area contributed by atoms with Crippen LogP contribution in [0.1, 0.15) is 38.9 Å². The van der Waals surface area contributed by atoms with Crippen LogP contribution in [-0.2, 0) is 4.79 Å². The van der Waals surface area contributed by atoms with E-state index in [1.54, 1.807) is 18.5 Å². The summed E-state index contributed by atoms with van der Waals surface area (Å²) in [6.45, 7) is 3.90. The Kier molecular flexibility index (Phi) is 7.29. The number of aryl methyl sites for hydroxylation is 2. The van der Waals surface area contributed by atoms with Gasteiger partial charge >= 0.3 is 12.1 Å². The third-order valence-corrected chi connectivity index (χ3v) is 3.91. The van der Waals surface area contributed by atoms with Crippen molar-refractivity contribution in [2.24, 2.45) is 0 Å². The van der Waals surface area contributed by atoms with Crippen molar-refractivity contribution >= 4 is 11.9 Å². The van der Waals surface area contributed by atoms with E-state index in [0.717, 1.165) is 16.8 Å². The number of nitrogens with zero attached hydrogens (tertiary/aromatic N) is 2. The van der Waals surface area contributed by atoms with Gasteiger partial charge in [0, 0.05) is 18.1 Å². The number of carbonyl (C=O) groups excluding carboxylic acids is 1. The number of aliphatic carboxylic acids is 1. The van der Waals surface area contributed by atoms with Gasteiger partial charge in [-0.3, -0.25) is 14.9 Å². The van der Waals surface area contributed by atoms with Crippen LogP contribution in [0.15, 0.2) is 54.9 Å². The standard InChI is InChI=1S/C18H18N4O.C2HF3O2/c1-12-3-5-14(6-4-12)17(15-7-9-19-10-8-15)20-18(23)16-11-13(2)21-22-16;3-2(4,5)1(6)7/h3-11,17H,1-2H3,(H,20,23)(H,21,22);(H,6,7). The lowest BCUT2D eigenvalue weighted by Crippen LogP contribution is -2.29. The Morgan fingerprint density at radius 3 is 2.03 bits per heavy atom. The highest BCUT2D eigenvalue weighted by Crippen LogP contribution is 2.22. The molecular weight excluding hydrogens is 401 g/mol. The van der Waals surface area contributed by atoms with Crippen molar-refractivity contribution in [3.8, 4) is 0 Å². The Hall–Kier alpha value is -3.69. The number of hydrogen-bond donors (Lipinski definition) is 3. The van der Waals surface area contributed by atoms with E-state index in [-0.39, 0.29) is 11.9 Å². The van der Waals surface area contributed by atoms with Gasteiger partial charge in [0.15, 0.2) is 0 Å². The molecule has 0 spiro atoms. The Morgan fingerprint density at radius 1 is 1.03 bits per heavy atom. The number of nitrogens with one attached hydrogen (secondary N) is 2. The van der Waals surface area contributed by atoms with Crippen molar-refractivity contribution in [2.45, 2.75) is 26.1 Å². The molecule has 0 aliphatic carbocycles.